The maximum atomic E-state index is 6.84. The fourth-order valence-electron chi connectivity index (χ4n) is 1.13. The van der Waals surface area contributed by atoms with Crippen molar-refractivity contribution in [2.75, 3.05) is 0 Å². The molecule has 0 spiro atoms. The Morgan fingerprint density at radius 3 is 2.55 bits per heavy atom. The van der Waals surface area contributed by atoms with Gasteiger partial charge in [-0.2, -0.15) is 5.11 Å². The van der Waals surface area contributed by atoms with E-state index in [0.29, 0.717) is 0 Å². The molecule has 1 aromatic rings. The topological polar surface area (TPSA) is 49.4 Å². The normalized spacial score (nSPS) is 13.0. The zero-order chi connectivity index (χ0) is 8.43. The molecule has 1 heterocycles. The van der Waals surface area contributed by atoms with E-state index in [9.17, 15) is 0 Å². The molecule has 3 nitrogen and oxygen atoms in total. The van der Waals surface area contributed by atoms with Crippen LogP contribution in [0.3, 0.4) is 0 Å². The molecule has 0 saturated carbocycles. The Balaban J connectivity index is 3.02. The minimum atomic E-state index is -0.0764. The Morgan fingerprint density at radius 1 is 1.55 bits per heavy atom. The number of furan rings is 1. The second-order valence-corrected chi connectivity index (χ2v) is 2.67. The van der Waals surface area contributed by atoms with Crippen LogP contribution >= 0.6 is 0 Å². The molecule has 3 heteroatoms. The monoisotopic (exact) mass is 152 g/mol. The molecule has 60 valence electrons. The molecule has 11 heavy (non-hydrogen) atoms. The van der Waals surface area contributed by atoms with Crippen molar-refractivity contribution in [3.8, 4) is 0 Å². The fraction of sp³-hybridized carbons (Fsp3) is 0.500. The lowest BCUT2D eigenvalue weighted by Gasteiger charge is -1.99. The smallest absolute Gasteiger partial charge is 0.106 e. The molecule has 0 aliphatic heterocycles. The molecule has 1 atom stereocenters. The van der Waals surface area contributed by atoms with Gasteiger partial charge in [0.15, 0.2) is 0 Å². The van der Waals surface area contributed by atoms with Crippen LogP contribution < -0.4 is 0 Å². The van der Waals surface area contributed by atoms with E-state index >= 15 is 0 Å². The molecular formula is C8H12N2O. The molecule has 1 N–H and O–H groups in total. The van der Waals surface area contributed by atoms with Crippen LogP contribution in [0.1, 0.15) is 30.0 Å². The molecular weight excluding hydrogens is 140 g/mol. The number of nitrogens with zero attached hydrogens (tertiary/aromatic N) is 1. The molecule has 0 aliphatic rings. The predicted octanol–water partition coefficient (Wildman–Crippen LogP) is 2.99. The van der Waals surface area contributed by atoms with Crippen molar-refractivity contribution in [3.05, 3.63) is 23.2 Å². The van der Waals surface area contributed by atoms with Crippen LogP contribution in [-0.2, 0) is 0 Å². The number of rotatable bonds is 2. The lowest BCUT2D eigenvalue weighted by atomic mass is 10.1. The molecule has 0 saturated heterocycles. The van der Waals surface area contributed by atoms with E-state index in [4.69, 9.17) is 9.95 Å². The number of hydrogen-bond donors (Lipinski definition) is 1. The van der Waals surface area contributed by atoms with Gasteiger partial charge >= 0.3 is 0 Å². The van der Waals surface area contributed by atoms with Crippen LogP contribution in [0.2, 0.25) is 0 Å². The molecule has 0 aromatic carbocycles. The summed E-state index contributed by atoms with van der Waals surface area (Å²) in [5.74, 6) is 1.75. The molecule has 0 amide bonds. The summed E-state index contributed by atoms with van der Waals surface area (Å²) < 4.78 is 5.29. The van der Waals surface area contributed by atoms with Crippen LogP contribution in [0.15, 0.2) is 15.6 Å². The third-order valence-electron chi connectivity index (χ3n) is 1.72. The van der Waals surface area contributed by atoms with Crippen molar-refractivity contribution in [2.45, 2.75) is 26.8 Å². The second-order valence-electron chi connectivity index (χ2n) is 2.67. The first-order chi connectivity index (χ1) is 5.15. The van der Waals surface area contributed by atoms with Crippen molar-refractivity contribution in [1.29, 1.82) is 5.53 Å². The van der Waals surface area contributed by atoms with Crippen LogP contribution in [0, 0.1) is 19.4 Å². The zero-order valence-corrected chi connectivity index (χ0v) is 7.01. The van der Waals surface area contributed by atoms with Crippen LogP contribution in [-0.4, -0.2) is 0 Å². The second kappa shape index (κ2) is 2.86. The highest BCUT2D eigenvalue weighted by Crippen LogP contribution is 2.23. The van der Waals surface area contributed by atoms with Gasteiger partial charge in [-0.15, -0.1) is 0 Å². The van der Waals surface area contributed by atoms with E-state index in [1.54, 1.807) is 0 Å². The van der Waals surface area contributed by atoms with Crippen molar-refractivity contribution < 1.29 is 4.42 Å². The van der Waals surface area contributed by atoms with E-state index in [-0.39, 0.29) is 6.04 Å². The van der Waals surface area contributed by atoms with E-state index < -0.39 is 0 Å². The summed E-state index contributed by atoms with van der Waals surface area (Å²) in [4.78, 5) is 0. The molecule has 1 aromatic heterocycles. The quantitative estimate of drug-likeness (QED) is 0.650. The van der Waals surface area contributed by atoms with Gasteiger partial charge in [0.25, 0.3) is 0 Å². The summed E-state index contributed by atoms with van der Waals surface area (Å²) in [6, 6.07) is 1.85. The van der Waals surface area contributed by atoms with E-state index in [1.807, 2.05) is 26.8 Å². The lowest BCUT2D eigenvalue weighted by Crippen LogP contribution is -1.86. The van der Waals surface area contributed by atoms with Gasteiger partial charge < -0.3 is 4.42 Å². The Kier molecular flexibility index (Phi) is 2.08. The van der Waals surface area contributed by atoms with E-state index in [0.717, 1.165) is 17.1 Å². The first kappa shape index (κ1) is 7.98. The molecule has 0 aliphatic carbocycles. The van der Waals surface area contributed by atoms with Crippen LogP contribution in [0.25, 0.3) is 0 Å². The summed E-state index contributed by atoms with van der Waals surface area (Å²) >= 11 is 0. The number of aryl methyl sites for hydroxylation is 2. The van der Waals surface area contributed by atoms with Crippen LogP contribution in [0.5, 0.6) is 0 Å². The maximum Gasteiger partial charge on any atom is 0.106 e. The van der Waals surface area contributed by atoms with Crippen molar-refractivity contribution in [1.82, 2.24) is 0 Å². The summed E-state index contributed by atoms with van der Waals surface area (Å²) in [5.41, 5.74) is 7.85. The van der Waals surface area contributed by atoms with Gasteiger partial charge in [0.1, 0.15) is 11.5 Å². The number of hydrogen-bond acceptors (Lipinski definition) is 3. The third-order valence-corrected chi connectivity index (χ3v) is 1.72. The average Bonchev–Trinajstić information content (AvgIpc) is 2.28. The molecule has 0 radical (unpaired) electrons. The Hall–Kier alpha value is -1.12. The van der Waals surface area contributed by atoms with Gasteiger partial charge in [0.2, 0.25) is 0 Å². The molecule has 1 rings (SSSR count). The van der Waals surface area contributed by atoms with Gasteiger partial charge in [0, 0.05) is 5.56 Å². The molecule has 0 fully saturated rings. The highest BCUT2D eigenvalue weighted by Gasteiger charge is 2.10. The summed E-state index contributed by atoms with van der Waals surface area (Å²) in [7, 11) is 0. The SMILES string of the molecule is Cc1cc(C(C)N=N)c(C)o1. The van der Waals surface area contributed by atoms with Crippen molar-refractivity contribution in [3.63, 3.8) is 0 Å². The Labute approximate surface area is 65.9 Å². The summed E-state index contributed by atoms with van der Waals surface area (Å²) in [6.07, 6.45) is 0. The van der Waals surface area contributed by atoms with Gasteiger partial charge in [0.05, 0.1) is 6.04 Å². The largest absolute Gasteiger partial charge is 0.466 e. The van der Waals surface area contributed by atoms with Crippen molar-refractivity contribution >= 4 is 0 Å². The minimum absolute atomic E-state index is 0.0764. The first-order valence-electron chi connectivity index (χ1n) is 3.58. The highest BCUT2D eigenvalue weighted by molar-refractivity contribution is 5.23. The molecule has 1 unspecified atom stereocenters. The Bertz CT molecular complexity index is 265. The minimum Gasteiger partial charge on any atom is -0.466 e. The summed E-state index contributed by atoms with van der Waals surface area (Å²) in [5, 5.41) is 3.42. The van der Waals surface area contributed by atoms with Crippen molar-refractivity contribution in [2.24, 2.45) is 5.11 Å². The average molecular weight is 152 g/mol. The Morgan fingerprint density at radius 2 is 2.18 bits per heavy atom. The predicted molar refractivity (Wildman–Crippen MR) is 41.7 cm³/mol. The van der Waals surface area contributed by atoms with Gasteiger partial charge in [-0.1, -0.05) is 0 Å². The van der Waals surface area contributed by atoms with Gasteiger partial charge in [-0.25, -0.2) is 5.53 Å². The maximum absolute atomic E-state index is 6.84. The fourth-order valence-corrected chi connectivity index (χ4v) is 1.13. The van der Waals surface area contributed by atoms with E-state index in [2.05, 4.69) is 5.11 Å². The summed E-state index contributed by atoms with van der Waals surface area (Å²) in [6.45, 7) is 5.67. The van der Waals surface area contributed by atoms with Gasteiger partial charge in [-0.3, -0.25) is 0 Å². The highest BCUT2D eigenvalue weighted by atomic mass is 16.3. The van der Waals surface area contributed by atoms with Gasteiger partial charge in [-0.05, 0) is 26.8 Å². The first-order valence-corrected chi connectivity index (χ1v) is 3.58. The number of nitrogens with one attached hydrogen (secondary N) is 1. The molecule has 0 bridgehead atoms. The standard InChI is InChI=1S/C8H12N2O/c1-5-4-8(6(2)10-9)7(3)11-5/h4,6,9H,1-3H3. The lowest BCUT2D eigenvalue weighted by molar-refractivity contribution is 0.498. The zero-order valence-electron chi connectivity index (χ0n) is 7.01. The van der Waals surface area contributed by atoms with Crippen LogP contribution in [0.4, 0.5) is 0 Å². The third kappa shape index (κ3) is 1.48. The van der Waals surface area contributed by atoms with E-state index in [1.165, 1.54) is 0 Å².